The number of nitrogens with zero attached hydrogens (tertiary/aromatic N) is 6. The van der Waals surface area contributed by atoms with Gasteiger partial charge >= 0.3 is 0 Å². The molecular formula is C27H33N7O. The number of imidazole rings is 1. The molecule has 1 fully saturated rings. The van der Waals surface area contributed by atoms with E-state index in [1.807, 2.05) is 35.9 Å². The third-order valence-corrected chi connectivity index (χ3v) is 6.59. The molecular weight excluding hydrogens is 438 g/mol. The van der Waals surface area contributed by atoms with Crippen LogP contribution in [0.5, 0.6) is 5.88 Å². The van der Waals surface area contributed by atoms with E-state index in [1.54, 1.807) is 12.4 Å². The molecule has 1 aliphatic rings. The van der Waals surface area contributed by atoms with Gasteiger partial charge in [-0.25, -0.2) is 15.0 Å². The minimum absolute atomic E-state index is 0.544. The van der Waals surface area contributed by atoms with E-state index in [-0.39, 0.29) is 0 Å². The third-order valence-electron chi connectivity index (χ3n) is 6.59. The minimum atomic E-state index is 0.544. The van der Waals surface area contributed by atoms with Gasteiger partial charge in [-0.1, -0.05) is 0 Å². The summed E-state index contributed by atoms with van der Waals surface area (Å²) in [6.45, 7) is 12.6. The number of hydrogen-bond donors (Lipinski definition) is 1. The van der Waals surface area contributed by atoms with Crippen LogP contribution < -0.4 is 15.0 Å². The molecule has 1 atom stereocenters. The molecule has 0 radical (unpaired) electrons. The highest BCUT2D eigenvalue weighted by molar-refractivity contribution is 5.74. The Kier molecular flexibility index (Phi) is 6.55. The number of hydrogen-bond acceptors (Lipinski definition) is 7. The quantitative estimate of drug-likeness (QED) is 0.413. The van der Waals surface area contributed by atoms with Gasteiger partial charge in [0.1, 0.15) is 0 Å². The lowest BCUT2D eigenvalue weighted by molar-refractivity contribution is 0.148. The lowest BCUT2D eigenvalue weighted by Gasteiger charge is -2.43. The van der Waals surface area contributed by atoms with Crippen molar-refractivity contribution in [1.29, 1.82) is 0 Å². The standard InChI is InChI=1S/C27H33N7O/c1-5-35-25-16-21(10-11-28-25)24-17-30-26(27-29-12-13-34(24)27)31-22-6-8-23(9-7-22)32-14-15-33(19(2)3)20(4)18-32/h6-13,16-17,19-20H,5,14-15,18H2,1-4H3,(H,30,31). The highest BCUT2D eigenvalue weighted by atomic mass is 16.5. The zero-order valence-corrected chi connectivity index (χ0v) is 20.8. The second kappa shape index (κ2) is 9.92. The SMILES string of the molecule is CCOc1cc(-c2cnc(Nc3ccc(N4CCN(C(C)C)C(C)C4)cc3)c3nccn23)ccn1. The monoisotopic (exact) mass is 471 g/mol. The Labute approximate surface area is 206 Å². The summed E-state index contributed by atoms with van der Waals surface area (Å²) in [5, 5.41) is 3.45. The van der Waals surface area contributed by atoms with E-state index in [0.717, 1.165) is 42.2 Å². The highest BCUT2D eigenvalue weighted by Crippen LogP contribution is 2.28. The fourth-order valence-corrected chi connectivity index (χ4v) is 4.88. The number of pyridine rings is 1. The van der Waals surface area contributed by atoms with Crippen molar-refractivity contribution in [3.63, 3.8) is 0 Å². The number of rotatable bonds is 7. The molecule has 35 heavy (non-hydrogen) atoms. The van der Waals surface area contributed by atoms with Crippen LogP contribution >= 0.6 is 0 Å². The van der Waals surface area contributed by atoms with E-state index >= 15 is 0 Å². The Morgan fingerprint density at radius 1 is 1.06 bits per heavy atom. The predicted molar refractivity (Wildman–Crippen MR) is 141 cm³/mol. The van der Waals surface area contributed by atoms with Gasteiger partial charge in [-0.15, -0.1) is 0 Å². The first-order chi connectivity index (χ1) is 17.0. The zero-order valence-electron chi connectivity index (χ0n) is 20.8. The highest BCUT2D eigenvalue weighted by Gasteiger charge is 2.25. The van der Waals surface area contributed by atoms with E-state index in [1.165, 1.54) is 5.69 Å². The van der Waals surface area contributed by atoms with E-state index in [9.17, 15) is 0 Å². The van der Waals surface area contributed by atoms with Gasteiger partial charge in [0, 0.05) is 73.3 Å². The van der Waals surface area contributed by atoms with Crippen molar-refractivity contribution in [3.8, 4) is 17.1 Å². The Bertz CT molecular complexity index is 1280. The summed E-state index contributed by atoms with van der Waals surface area (Å²) in [6, 6.07) is 13.6. The molecule has 0 bridgehead atoms. The van der Waals surface area contributed by atoms with E-state index in [2.05, 4.69) is 70.1 Å². The molecule has 182 valence electrons. The lowest BCUT2D eigenvalue weighted by atomic mass is 10.1. The van der Waals surface area contributed by atoms with Gasteiger partial charge in [-0.05, 0) is 58.0 Å². The number of benzene rings is 1. The number of fused-ring (bicyclic) bond motifs is 1. The van der Waals surface area contributed by atoms with Gasteiger partial charge in [0.05, 0.1) is 18.5 Å². The van der Waals surface area contributed by atoms with Crippen molar-refractivity contribution in [1.82, 2.24) is 24.3 Å². The molecule has 0 amide bonds. The topological polar surface area (TPSA) is 70.8 Å². The molecule has 8 heteroatoms. The molecule has 1 saturated heterocycles. The third kappa shape index (κ3) is 4.79. The number of nitrogens with one attached hydrogen (secondary N) is 1. The molecule has 0 aliphatic carbocycles. The lowest BCUT2D eigenvalue weighted by Crippen LogP contribution is -2.54. The largest absolute Gasteiger partial charge is 0.478 e. The van der Waals surface area contributed by atoms with Crippen molar-refractivity contribution in [2.24, 2.45) is 0 Å². The first kappa shape index (κ1) is 23.1. The molecule has 1 aromatic carbocycles. The molecule has 1 unspecified atom stereocenters. The summed E-state index contributed by atoms with van der Waals surface area (Å²) < 4.78 is 7.60. The van der Waals surface area contributed by atoms with Crippen LogP contribution in [0, 0.1) is 0 Å². The number of piperazine rings is 1. The van der Waals surface area contributed by atoms with E-state index < -0.39 is 0 Å². The average molecular weight is 472 g/mol. The van der Waals surface area contributed by atoms with Gasteiger partial charge in [0.25, 0.3) is 0 Å². The zero-order chi connectivity index (χ0) is 24.4. The molecule has 4 heterocycles. The Balaban J connectivity index is 1.34. The van der Waals surface area contributed by atoms with Crippen LogP contribution in [0.4, 0.5) is 17.2 Å². The fourth-order valence-electron chi connectivity index (χ4n) is 4.88. The van der Waals surface area contributed by atoms with Crippen molar-refractivity contribution in [2.45, 2.75) is 39.8 Å². The van der Waals surface area contributed by atoms with Crippen LogP contribution in [-0.2, 0) is 0 Å². The smallest absolute Gasteiger partial charge is 0.213 e. The molecule has 1 aliphatic heterocycles. The van der Waals surface area contributed by atoms with Gasteiger partial charge in [-0.2, -0.15) is 0 Å². The van der Waals surface area contributed by atoms with Crippen LogP contribution in [0.2, 0.25) is 0 Å². The maximum absolute atomic E-state index is 5.56. The second-order valence-electron chi connectivity index (χ2n) is 9.23. The summed E-state index contributed by atoms with van der Waals surface area (Å²) >= 11 is 0. The first-order valence-electron chi connectivity index (χ1n) is 12.3. The van der Waals surface area contributed by atoms with Crippen molar-refractivity contribution in [3.05, 3.63) is 61.2 Å². The summed E-state index contributed by atoms with van der Waals surface area (Å²) in [6.07, 6.45) is 7.34. The van der Waals surface area contributed by atoms with Crippen LogP contribution in [0.1, 0.15) is 27.7 Å². The van der Waals surface area contributed by atoms with Crippen LogP contribution in [0.25, 0.3) is 16.9 Å². The van der Waals surface area contributed by atoms with Crippen LogP contribution in [0.15, 0.2) is 61.2 Å². The average Bonchev–Trinajstić information content (AvgIpc) is 3.35. The van der Waals surface area contributed by atoms with Gasteiger partial charge in [0.15, 0.2) is 11.5 Å². The summed E-state index contributed by atoms with van der Waals surface area (Å²) in [4.78, 5) is 18.6. The van der Waals surface area contributed by atoms with E-state index in [0.29, 0.717) is 30.4 Å². The van der Waals surface area contributed by atoms with Gasteiger partial charge in [0.2, 0.25) is 5.88 Å². The molecule has 0 saturated carbocycles. The number of ether oxygens (including phenoxy) is 1. The number of aromatic nitrogens is 4. The minimum Gasteiger partial charge on any atom is -0.478 e. The van der Waals surface area contributed by atoms with Crippen molar-refractivity contribution >= 4 is 22.8 Å². The van der Waals surface area contributed by atoms with Crippen molar-refractivity contribution in [2.75, 3.05) is 36.5 Å². The summed E-state index contributed by atoms with van der Waals surface area (Å²) in [5.41, 5.74) is 4.90. The second-order valence-corrected chi connectivity index (χ2v) is 9.23. The molecule has 8 nitrogen and oxygen atoms in total. The maximum Gasteiger partial charge on any atom is 0.213 e. The Hall–Kier alpha value is -3.65. The summed E-state index contributed by atoms with van der Waals surface area (Å²) in [5.74, 6) is 1.31. The molecule has 3 aromatic heterocycles. The Morgan fingerprint density at radius 3 is 2.63 bits per heavy atom. The molecule has 0 spiro atoms. The normalized spacial score (nSPS) is 16.7. The predicted octanol–water partition coefficient (Wildman–Crippen LogP) is 4.85. The fraction of sp³-hybridized carbons (Fsp3) is 0.370. The van der Waals surface area contributed by atoms with Crippen LogP contribution in [0.3, 0.4) is 0 Å². The molecule has 1 N–H and O–H groups in total. The van der Waals surface area contributed by atoms with E-state index in [4.69, 9.17) is 9.72 Å². The van der Waals surface area contributed by atoms with Gasteiger partial charge in [-0.3, -0.25) is 9.30 Å². The van der Waals surface area contributed by atoms with Gasteiger partial charge < -0.3 is 15.0 Å². The maximum atomic E-state index is 5.56. The molecule has 4 aromatic rings. The van der Waals surface area contributed by atoms with Crippen LogP contribution in [-0.4, -0.2) is 62.6 Å². The van der Waals surface area contributed by atoms with Crippen molar-refractivity contribution < 1.29 is 4.74 Å². The summed E-state index contributed by atoms with van der Waals surface area (Å²) in [7, 11) is 0. The number of anilines is 3. The molecule has 5 rings (SSSR count). The Morgan fingerprint density at radius 2 is 1.89 bits per heavy atom. The first-order valence-corrected chi connectivity index (χ1v) is 12.3.